The van der Waals surface area contributed by atoms with Gasteiger partial charge in [0.15, 0.2) is 11.4 Å². The number of hydrogen-bond acceptors (Lipinski definition) is 5. The molecule has 0 aliphatic heterocycles. The van der Waals surface area contributed by atoms with Crippen LogP contribution in [0.1, 0.15) is 23.1 Å². The molecule has 3 rings (SSSR count). The van der Waals surface area contributed by atoms with Crippen LogP contribution in [0.4, 0.5) is 23.2 Å². The molecular formula is C20H17F4N5O3. The molecule has 3 aromatic rings. The topological polar surface area (TPSA) is 98.1 Å². The van der Waals surface area contributed by atoms with Gasteiger partial charge in [0.05, 0.1) is 18.8 Å². The van der Waals surface area contributed by atoms with Crippen LogP contribution in [0.2, 0.25) is 0 Å². The largest absolute Gasteiger partial charge is 0.494 e. The van der Waals surface area contributed by atoms with E-state index in [0.717, 1.165) is 24.3 Å². The Morgan fingerprint density at radius 2 is 1.72 bits per heavy atom. The number of aromatic nitrogens is 3. The van der Waals surface area contributed by atoms with Crippen molar-refractivity contribution in [2.45, 2.75) is 13.1 Å². The molecule has 2 aromatic carbocycles. The number of anilines is 1. The van der Waals surface area contributed by atoms with E-state index in [0.29, 0.717) is 22.7 Å². The molecule has 0 radical (unpaired) electrons. The first-order valence-electron chi connectivity index (χ1n) is 9.28. The summed E-state index contributed by atoms with van der Waals surface area (Å²) in [7, 11) is 0. The maximum Gasteiger partial charge on any atom is 0.435 e. The van der Waals surface area contributed by atoms with Gasteiger partial charge < -0.3 is 15.4 Å². The summed E-state index contributed by atoms with van der Waals surface area (Å²) in [5, 5.41) is 11.3. The van der Waals surface area contributed by atoms with Crippen molar-refractivity contribution in [1.29, 1.82) is 0 Å². The lowest BCUT2D eigenvalue weighted by atomic mass is 10.2. The fourth-order valence-corrected chi connectivity index (χ4v) is 2.70. The van der Waals surface area contributed by atoms with E-state index in [-0.39, 0.29) is 5.69 Å². The van der Waals surface area contributed by atoms with Crippen molar-refractivity contribution < 1.29 is 31.9 Å². The molecule has 168 valence electrons. The normalized spacial score (nSPS) is 11.2. The number of halogens is 4. The van der Waals surface area contributed by atoms with E-state index in [1.807, 2.05) is 6.92 Å². The highest BCUT2D eigenvalue weighted by Gasteiger charge is 2.42. The third kappa shape index (κ3) is 5.39. The fraction of sp³-hybridized carbons (Fsp3) is 0.200. The van der Waals surface area contributed by atoms with E-state index >= 15 is 0 Å². The first kappa shape index (κ1) is 22.7. The van der Waals surface area contributed by atoms with Gasteiger partial charge >= 0.3 is 6.18 Å². The summed E-state index contributed by atoms with van der Waals surface area (Å²) in [5.41, 5.74) is -2.20. The second kappa shape index (κ2) is 9.45. The van der Waals surface area contributed by atoms with E-state index in [1.165, 1.54) is 0 Å². The summed E-state index contributed by atoms with van der Waals surface area (Å²) in [6, 6.07) is 10.4. The van der Waals surface area contributed by atoms with Crippen LogP contribution >= 0.6 is 0 Å². The number of nitrogens with zero attached hydrogens (tertiary/aromatic N) is 3. The smallest absolute Gasteiger partial charge is 0.435 e. The minimum absolute atomic E-state index is 0.140. The zero-order valence-corrected chi connectivity index (χ0v) is 16.6. The second-order valence-corrected chi connectivity index (χ2v) is 6.36. The Labute approximate surface area is 179 Å². The molecular weight excluding hydrogens is 434 g/mol. The Kier molecular flexibility index (Phi) is 6.71. The van der Waals surface area contributed by atoms with Gasteiger partial charge in [-0.1, -0.05) is 5.21 Å². The highest BCUT2D eigenvalue weighted by molar-refractivity contribution is 5.99. The summed E-state index contributed by atoms with van der Waals surface area (Å²) in [5.74, 6) is -1.96. The molecule has 2 amide bonds. The number of rotatable bonds is 7. The third-order valence-corrected chi connectivity index (χ3v) is 4.08. The second-order valence-electron chi connectivity index (χ2n) is 6.36. The average Bonchev–Trinajstić information content (AvgIpc) is 3.20. The quantitative estimate of drug-likeness (QED) is 0.538. The molecule has 1 aromatic heterocycles. The van der Waals surface area contributed by atoms with E-state index in [4.69, 9.17) is 4.74 Å². The Morgan fingerprint density at radius 3 is 2.31 bits per heavy atom. The first-order chi connectivity index (χ1) is 15.2. The molecule has 1 heterocycles. The molecule has 0 aliphatic carbocycles. The highest BCUT2D eigenvalue weighted by Crippen LogP contribution is 2.32. The number of alkyl halides is 3. The van der Waals surface area contributed by atoms with E-state index in [9.17, 15) is 27.2 Å². The van der Waals surface area contributed by atoms with Crippen molar-refractivity contribution in [2.24, 2.45) is 0 Å². The van der Waals surface area contributed by atoms with Gasteiger partial charge in [-0.15, -0.1) is 5.10 Å². The average molecular weight is 451 g/mol. The van der Waals surface area contributed by atoms with Gasteiger partial charge in [0, 0.05) is 5.69 Å². The lowest BCUT2D eigenvalue weighted by molar-refractivity contribution is -0.143. The molecule has 2 N–H and O–H groups in total. The Bertz CT molecular complexity index is 1100. The summed E-state index contributed by atoms with van der Waals surface area (Å²) in [4.78, 5) is 24.3. The molecule has 0 spiro atoms. The maximum absolute atomic E-state index is 13.6. The molecule has 12 heteroatoms. The van der Waals surface area contributed by atoms with Crippen LogP contribution in [-0.2, 0) is 11.0 Å². The number of carbonyl (C=O) groups excluding carboxylic acids is 2. The summed E-state index contributed by atoms with van der Waals surface area (Å²) >= 11 is 0. The molecule has 0 aliphatic rings. The highest BCUT2D eigenvalue weighted by atomic mass is 19.4. The number of ether oxygens (including phenoxy) is 1. The van der Waals surface area contributed by atoms with Crippen molar-refractivity contribution >= 4 is 17.5 Å². The van der Waals surface area contributed by atoms with Gasteiger partial charge in [-0.2, -0.15) is 13.2 Å². The molecule has 0 saturated heterocycles. The van der Waals surface area contributed by atoms with Gasteiger partial charge in [-0.3, -0.25) is 9.59 Å². The number of amides is 2. The van der Waals surface area contributed by atoms with Gasteiger partial charge in [-0.05, 0) is 55.5 Å². The Balaban J connectivity index is 1.70. The van der Waals surface area contributed by atoms with Crippen LogP contribution in [0.5, 0.6) is 5.75 Å². The molecule has 0 bridgehead atoms. The lowest BCUT2D eigenvalue weighted by Crippen LogP contribution is -2.34. The van der Waals surface area contributed by atoms with E-state index in [2.05, 4.69) is 20.9 Å². The molecule has 0 unspecified atom stereocenters. The van der Waals surface area contributed by atoms with Crippen molar-refractivity contribution in [3.8, 4) is 11.4 Å². The SMILES string of the molecule is CCOc1ccc(NC(=O)CNC(=O)c2nnn(-c3ccc(F)cc3)c2C(F)(F)F)cc1. The Hall–Kier alpha value is -3.96. The number of hydrogen-bond donors (Lipinski definition) is 2. The lowest BCUT2D eigenvalue weighted by Gasteiger charge is -2.11. The molecule has 0 atom stereocenters. The van der Waals surface area contributed by atoms with E-state index < -0.39 is 41.7 Å². The predicted octanol–water partition coefficient (Wildman–Crippen LogP) is 3.19. The van der Waals surface area contributed by atoms with Crippen LogP contribution in [0.25, 0.3) is 5.69 Å². The zero-order chi connectivity index (χ0) is 23.3. The van der Waals surface area contributed by atoms with Crippen molar-refractivity contribution in [1.82, 2.24) is 20.3 Å². The number of benzene rings is 2. The molecule has 8 nitrogen and oxygen atoms in total. The van der Waals surface area contributed by atoms with E-state index in [1.54, 1.807) is 24.3 Å². The zero-order valence-electron chi connectivity index (χ0n) is 16.6. The van der Waals surface area contributed by atoms with Gasteiger partial charge in [0.2, 0.25) is 5.91 Å². The fourth-order valence-electron chi connectivity index (χ4n) is 2.70. The van der Waals surface area contributed by atoms with Crippen molar-refractivity contribution in [3.63, 3.8) is 0 Å². The summed E-state index contributed by atoms with van der Waals surface area (Å²) in [6.45, 7) is 1.69. The van der Waals surface area contributed by atoms with Crippen LogP contribution in [0.3, 0.4) is 0 Å². The predicted molar refractivity (Wildman–Crippen MR) is 105 cm³/mol. The molecule has 0 fully saturated rings. The minimum Gasteiger partial charge on any atom is -0.494 e. The first-order valence-corrected chi connectivity index (χ1v) is 9.28. The minimum atomic E-state index is -4.99. The molecule has 0 saturated carbocycles. The van der Waals surface area contributed by atoms with Gasteiger partial charge in [-0.25, -0.2) is 9.07 Å². The summed E-state index contributed by atoms with van der Waals surface area (Å²) < 4.78 is 59.5. The maximum atomic E-state index is 13.6. The van der Waals surface area contributed by atoms with Gasteiger partial charge in [0.1, 0.15) is 11.6 Å². The van der Waals surface area contributed by atoms with Crippen LogP contribution in [-0.4, -0.2) is 40.0 Å². The van der Waals surface area contributed by atoms with Crippen LogP contribution < -0.4 is 15.4 Å². The number of carbonyl (C=O) groups is 2. The summed E-state index contributed by atoms with van der Waals surface area (Å²) in [6.07, 6.45) is -4.99. The van der Waals surface area contributed by atoms with Crippen molar-refractivity contribution in [3.05, 3.63) is 65.7 Å². The van der Waals surface area contributed by atoms with Gasteiger partial charge in [0.25, 0.3) is 5.91 Å². The van der Waals surface area contributed by atoms with Crippen LogP contribution in [0.15, 0.2) is 48.5 Å². The molecule has 32 heavy (non-hydrogen) atoms. The van der Waals surface area contributed by atoms with Crippen molar-refractivity contribution in [2.75, 3.05) is 18.5 Å². The van der Waals surface area contributed by atoms with Crippen LogP contribution in [0, 0.1) is 5.82 Å². The monoisotopic (exact) mass is 451 g/mol. The standard InChI is InChI=1S/C20H17F4N5O3/c1-2-32-15-9-5-13(6-10-15)26-16(30)11-25-19(31)17-18(20(22,23)24)29(28-27-17)14-7-3-12(21)4-8-14/h3-10H,2,11H2,1H3,(H,25,31)(H,26,30). The third-order valence-electron chi connectivity index (χ3n) is 4.08. The Morgan fingerprint density at radius 1 is 1.06 bits per heavy atom. The number of nitrogens with one attached hydrogen (secondary N) is 2.